The Hall–Kier alpha value is -1.10. The summed E-state index contributed by atoms with van der Waals surface area (Å²) in [4.78, 5) is 11.7. The first-order valence-corrected chi connectivity index (χ1v) is 5.88. The number of thiol groups is 1. The summed E-state index contributed by atoms with van der Waals surface area (Å²) >= 11 is 4.05. The topological polar surface area (TPSA) is 58.6 Å². The van der Waals surface area contributed by atoms with Crippen LogP contribution in [0, 0.1) is 0 Å². The van der Waals surface area contributed by atoms with Crippen molar-refractivity contribution in [2.45, 2.75) is 19.3 Å². The van der Waals surface area contributed by atoms with Crippen LogP contribution in [0.1, 0.15) is 19.3 Å². The number of carbonyl (C=O) groups is 1. The number of methoxy groups -OCH3 is 1. The number of aliphatic hydroxyl groups excluding tert-OH is 1. The van der Waals surface area contributed by atoms with E-state index in [1.54, 1.807) is 7.11 Å². The Morgan fingerprint density at radius 1 is 1.62 bits per heavy atom. The van der Waals surface area contributed by atoms with E-state index in [-0.39, 0.29) is 11.7 Å². The molecule has 1 aliphatic carbocycles. The lowest BCUT2D eigenvalue weighted by atomic mass is 10.0. The number of hydrogen-bond acceptors (Lipinski definition) is 4. The number of carbonyl (C=O) groups excluding carboxylic acids is 1. The SMILES string of the molecule is COC1=CC(O)=C(C(=O)NCCCS)CC1. The highest BCUT2D eigenvalue weighted by atomic mass is 32.1. The van der Waals surface area contributed by atoms with Gasteiger partial charge in [-0.2, -0.15) is 12.6 Å². The molecule has 0 aromatic rings. The van der Waals surface area contributed by atoms with Crippen molar-refractivity contribution < 1.29 is 14.6 Å². The molecule has 1 aliphatic rings. The van der Waals surface area contributed by atoms with Crippen LogP contribution in [0.25, 0.3) is 0 Å². The molecule has 0 aromatic carbocycles. The molecule has 0 fully saturated rings. The third-order valence-corrected chi connectivity index (χ3v) is 2.70. The molecule has 16 heavy (non-hydrogen) atoms. The van der Waals surface area contributed by atoms with Gasteiger partial charge in [-0.15, -0.1) is 0 Å². The largest absolute Gasteiger partial charge is 0.507 e. The van der Waals surface area contributed by atoms with E-state index >= 15 is 0 Å². The summed E-state index contributed by atoms with van der Waals surface area (Å²) in [6.07, 6.45) is 3.48. The highest BCUT2D eigenvalue weighted by Gasteiger charge is 2.19. The van der Waals surface area contributed by atoms with Gasteiger partial charge in [0, 0.05) is 19.0 Å². The Kier molecular flexibility index (Phi) is 5.25. The number of ether oxygens (including phenoxy) is 1. The van der Waals surface area contributed by atoms with Crippen LogP contribution >= 0.6 is 12.6 Å². The van der Waals surface area contributed by atoms with Crippen LogP contribution in [-0.4, -0.2) is 30.4 Å². The van der Waals surface area contributed by atoms with Crippen molar-refractivity contribution in [3.05, 3.63) is 23.2 Å². The number of rotatable bonds is 5. The van der Waals surface area contributed by atoms with Gasteiger partial charge in [0.1, 0.15) is 5.76 Å². The first-order valence-electron chi connectivity index (χ1n) is 5.24. The lowest BCUT2D eigenvalue weighted by Gasteiger charge is -2.15. The van der Waals surface area contributed by atoms with Crippen LogP contribution in [0.2, 0.25) is 0 Å². The Morgan fingerprint density at radius 2 is 2.38 bits per heavy atom. The molecule has 4 nitrogen and oxygen atoms in total. The summed E-state index contributed by atoms with van der Waals surface area (Å²) in [5.74, 6) is 1.24. The third-order valence-electron chi connectivity index (χ3n) is 2.39. The molecular weight excluding hydrogens is 226 g/mol. The molecule has 0 spiro atoms. The molecule has 5 heteroatoms. The van der Waals surface area contributed by atoms with Crippen LogP contribution in [0.3, 0.4) is 0 Å². The van der Waals surface area contributed by atoms with Crippen LogP contribution in [-0.2, 0) is 9.53 Å². The van der Waals surface area contributed by atoms with Crippen molar-refractivity contribution in [3.8, 4) is 0 Å². The minimum atomic E-state index is -0.203. The molecule has 1 amide bonds. The molecule has 0 aliphatic heterocycles. The van der Waals surface area contributed by atoms with Gasteiger partial charge in [0.2, 0.25) is 0 Å². The molecule has 0 radical (unpaired) electrons. The van der Waals surface area contributed by atoms with Crippen molar-refractivity contribution in [1.29, 1.82) is 0 Å². The highest BCUT2D eigenvalue weighted by Crippen LogP contribution is 2.22. The fraction of sp³-hybridized carbons (Fsp3) is 0.545. The summed E-state index contributed by atoms with van der Waals surface area (Å²) in [6, 6.07) is 0. The normalized spacial score (nSPS) is 15.8. The average molecular weight is 243 g/mol. The first kappa shape index (κ1) is 13.0. The van der Waals surface area contributed by atoms with E-state index in [4.69, 9.17) is 4.74 Å². The van der Waals surface area contributed by atoms with E-state index in [0.29, 0.717) is 30.7 Å². The van der Waals surface area contributed by atoms with E-state index in [1.165, 1.54) is 6.08 Å². The Labute approximate surface area is 101 Å². The monoisotopic (exact) mass is 243 g/mol. The summed E-state index contributed by atoms with van der Waals surface area (Å²) < 4.78 is 5.01. The molecule has 1 rings (SSSR count). The van der Waals surface area contributed by atoms with Gasteiger partial charge in [0.15, 0.2) is 0 Å². The molecule has 0 bridgehead atoms. The fourth-order valence-electron chi connectivity index (χ4n) is 1.47. The van der Waals surface area contributed by atoms with Crippen LogP contribution in [0.5, 0.6) is 0 Å². The van der Waals surface area contributed by atoms with E-state index in [0.717, 1.165) is 12.2 Å². The Balaban J connectivity index is 2.59. The molecule has 0 aromatic heterocycles. The summed E-state index contributed by atoms with van der Waals surface area (Å²) in [5, 5.41) is 12.4. The lowest BCUT2D eigenvalue weighted by Crippen LogP contribution is -2.28. The third kappa shape index (κ3) is 3.48. The summed E-state index contributed by atoms with van der Waals surface area (Å²) in [6.45, 7) is 0.583. The van der Waals surface area contributed by atoms with Crippen LogP contribution in [0.4, 0.5) is 0 Å². The maximum atomic E-state index is 11.7. The van der Waals surface area contributed by atoms with E-state index in [9.17, 15) is 9.90 Å². The average Bonchev–Trinajstić information content (AvgIpc) is 2.29. The van der Waals surface area contributed by atoms with Gasteiger partial charge in [0.25, 0.3) is 5.91 Å². The maximum Gasteiger partial charge on any atom is 0.250 e. The molecule has 2 N–H and O–H groups in total. The van der Waals surface area contributed by atoms with E-state index in [2.05, 4.69) is 17.9 Å². The van der Waals surface area contributed by atoms with Gasteiger partial charge in [-0.3, -0.25) is 4.79 Å². The second kappa shape index (κ2) is 6.48. The van der Waals surface area contributed by atoms with Gasteiger partial charge < -0.3 is 15.2 Å². The molecule has 0 unspecified atom stereocenters. The minimum absolute atomic E-state index is 0.00599. The van der Waals surface area contributed by atoms with Crippen molar-refractivity contribution in [1.82, 2.24) is 5.32 Å². The number of allylic oxidation sites excluding steroid dienone is 2. The van der Waals surface area contributed by atoms with E-state index < -0.39 is 0 Å². The fourth-order valence-corrected chi connectivity index (χ4v) is 1.62. The maximum absolute atomic E-state index is 11.7. The van der Waals surface area contributed by atoms with Crippen molar-refractivity contribution in [2.24, 2.45) is 0 Å². The van der Waals surface area contributed by atoms with Crippen LogP contribution < -0.4 is 5.32 Å². The second-order valence-electron chi connectivity index (χ2n) is 3.51. The zero-order valence-electron chi connectivity index (χ0n) is 9.32. The smallest absolute Gasteiger partial charge is 0.250 e. The standard InChI is InChI=1S/C11H17NO3S/c1-15-8-3-4-9(10(13)7-8)11(14)12-5-2-6-16/h7,13,16H,2-6H2,1H3,(H,12,14). The minimum Gasteiger partial charge on any atom is -0.507 e. The van der Waals surface area contributed by atoms with Gasteiger partial charge in [-0.1, -0.05) is 0 Å². The molecular formula is C11H17NO3S. The Bertz CT molecular complexity index is 323. The molecule has 0 saturated heterocycles. The number of hydrogen-bond donors (Lipinski definition) is 3. The summed E-state index contributed by atoms with van der Waals surface area (Å²) in [7, 11) is 1.55. The molecule has 90 valence electrons. The highest BCUT2D eigenvalue weighted by molar-refractivity contribution is 7.80. The van der Waals surface area contributed by atoms with Crippen molar-refractivity contribution in [2.75, 3.05) is 19.4 Å². The van der Waals surface area contributed by atoms with Crippen LogP contribution in [0.15, 0.2) is 23.2 Å². The molecule has 0 heterocycles. The van der Waals surface area contributed by atoms with Gasteiger partial charge in [0.05, 0.1) is 18.4 Å². The predicted molar refractivity (Wildman–Crippen MR) is 65.5 cm³/mol. The second-order valence-corrected chi connectivity index (χ2v) is 3.96. The first-order chi connectivity index (χ1) is 7.69. The number of nitrogens with one attached hydrogen (secondary N) is 1. The van der Waals surface area contributed by atoms with Gasteiger partial charge in [-0.05, 0) is 18.6 Å². The quantitative estimate of drug-likeness (QED) is 0.507. The van der Waals surface area contributed by atoms with Gasteiger partial charge >= 0.3 is 0 Å². The van der Waals surface area contributed by atoms with Gasteiger partial charge in [-0.25, -0.2) is 0 Å². The van der Waals surface area contributed by atoms with Crippen molar-refractivity contribution in [3.63, 3.8) is 0 Å². The zero-order chi connectivity index (χ0) is 12.0. The summed E-state index contributed by atoms with van der Waals surface area (Å²) in [5.41, 5.74) is 0.431. The predicted octanol–water partition coefficient (Wildman–Crippen LogP) is 1.56. The lowest BCUT2D eigenvalue weighted by molar-refractivity contribution is -0.117. The number of amides is 1. The Morgan fingerprint density at radius 3 is 2.94 bits per heavy atom. The molecule has 0 saturated carbocycles. The zero-order valence-corrected chi connectivity index (χ0v) is 10.2. The van der Waals surface area contributed by atoms with E-state index in [1.807, 2.05) is 0 Å². The molecule has 0 atom stereocenters. The van der Waals surface area contributed by atoms with Crippen molar-refractivity contribution >= 4 is 18.5 Å². The number of aliphatic hydroxyl groups is 1.